The van der Waals surface area contributed by atoms with Gasteiger partial charge >= 0.3 is 12.0 Å². The Labute approximate surface area is 140 Å². The first-order valence-corrected chi connectivity index (χ1v) is 7.69. The van der Waals surface area contributed by atoms with Gasteiger partial charge in [-0.2, -0.15) is 0 Å². The van der Waals surface area contributed by atoms with E-state index in [0.29, 0.717) is 17.8 Å². The Morgan fingerprint density at radius 1 is 1.38 bits per heavy atom. The molecule has 0 unspecified atom stereocenters. The molecular formula is C17H21FN2O4. The van der Waals surface area contributed by atoms with Gasteiger partial charge in [0.25, 0.3) is 0 Å². The minimum absolute atomic E-state index is 0.0993. The summed E-state index contributed by atoms with van der Waals surface area (Å²) in [6.45, 7) is 4.26. The first-order chi connectivity index (χ1) is 11.5. The molecule has 1 aliphatic rings. The Hall–Kier alpha value is -2.41. The Balaban J connectivity index is 2.41. The topological polar surface area (TPSA) is 67.9 Å². The van der Waals surface area contributed by atoms with Crippen molar-refractivity contribution in [2.75, 3.05) is 26.9 Å². The molecular weight excluding hydrogens is 315 g/mol. The zero-order valence-electron chi connectivity index (χ0n) is 14.0. The number of nitrogens with zero attached hydrogens (tertiary/aromatic N) is 1. The molecule has 130 valence electrons. The van der Waals surface area contributed by atoms with E-state index in [0.717, 1.165) is 0 Å². The maximum atomic E-state index is 13.6. The standard InChI is InChI=1S/C17H21FN2O4/c1-4-20-11(2)14(16(21)24-9-8-23-3)15(19-17(20)22)12-6-5-7-13(18)10-12/h5-7,10,15H,4,8-9H2,1-3H3,(H,19,22)/t15-/m0/s1. The second-order valence-electron chi connectivity index (χ2n) is 5.31. The molecule has 1 aromatic carbocycles. The third-order valence-corrected chi connectivity index (χ3v) is 3.84. The van der Waals surface area contributed by atoms with E-state index in [1.807, 2.05) is 0 Å². The lowest BCUT2D eigenvalue weighted by Crippen LogP contribution is -2.48. The van der Waals surface area contributed by atoms with Gasteiger partial charge in [0.2, 0.25) is 0 Å². The lowest BCUT2D eigenvalue weighted by Gasteiger charge is -2.34. The number of nitrogens with one attached hydrogen (secondary N) is 1. The summed E-state index contributed by atoms with van der Waals surface area (Å²) in [5.41, 5.74) is 1.27. The van der Waals surface area contributed by atoms with E-state index >= 15 is 0 Å². The van der Waals surface area contributed by atoms with Crippen molar-refractivity contribution in [3.63, 3.8) is 0 Å². The zero-order valence-corrected chi connectivity index (χ0v) is 14.0. The molecule has 0 radical (unpaired) electrons. The van der Waals surface area contributed by atoms with Gasteiger partial charge in [0.15, 0.2) is 0 Å². The van der Waals surface area contributed by atoms with Crippen LogP contribution in [0.3, 0.4) is 0 Å². The predicted molar refractivity (Wildman–Crippen MR) is 85.6 cm³/mol. The summed E-state index contributed by atoms with van der Waals surface area (Å²) < 4.78 is 23.6. The van der Waals surface area contributed by atoms with Gasteiger partial charge in [-0.1, -0.05) is 12.1 Å². The van der Waals surface area contributed by atoms with Crippen molar-refractivity contribution < 1.29 is 23.5 Å². The summed E-state index contributed by atoms with van der Waals surface area (Å²) in [5.74, 6) is -0.998. The van der Waals surface area contributed by atoms with Crippen LogP contribution in [0.1, 0.15) is 25.5 Å². The van der Waals surface area contributed by atoms with Crippen molar-refractivity contribution in [2.45, 2.75) is 19.9 Å². The SMILES string of the molecule is CCN1C(=O)N[C@@H](c2cccc(F)c2)C(C(=O)OCCOC)=C1C. The smallest absolute Gasteiger partial charge is 0.338 e. The van der Waals surface area contributed by atoms with E-state index in [1.165, 1.54) is 30.2 Å². The van der Waals surface area contributed by atoms with Crippen molar-refractivity contribution in [1.29, 1.82) is 0 Å². The van der Waals surface area contributed by atoms with Crippen molar-refractivity contribution in [1.82, 2.24) is 10.2 Å². The largest absolute Gasteiger partial charge is 0.460 e. The summed E-state index contributed by atoms with van der Waals surface area (Å²) >= 11 is 0. The number of hydrogen-bond acceptors (Lipinski definition) is 4. The Morgan fingerprint density at radius 3 is 2.75 bits per heavy atom. The summed E-state index contributed by atoms with van der Waals surface area (Å²) in [5, 5.41) is 2.74. The van der Waals surface area contributed by atoms with E-state index in [2.05, 4.69) is 5.32 Å². The van der Waals surface area contributed by atoms with Gasteiger partial charge < -0.3 is 14.8 Å². The highest BCUT2D eigenvalue weighted by atomic mass is 19.1. The number of rotatable bonds is 6. The predicted octanol–water partition coefficient (Wildman–Crippen LogP) is 2.38. The van der Waals surface area contributed by atoms with Crippen LogP contribution in [-0.4, -0.2) is 43.8 Å². The molecule has 7 heteroatoms. The molecule has 1 aliphatic heterocycles. The van der Waals surface area contributed by atoms with Gasteiger partial charge in [0, 0.05) is 19.4 Å². The molecule has 1 N–H and O–H groups in total. The van der Waals surface area contributed by atoms with Crippen molar-refractivity contribution in [3.05, 3.63) is 46.9 Å². The monoisotopic (exact) mass is 336 g/mol. The number of urea groups is 1. The van der Waals surface area contributed by atoms with Gasteiger partial charge in [-0.3, -0.25) is 4.90 Å². The molecule has 0 fully saturated rings. The van der Waals surface area contributed by atoms with Crippen molar-refractivity contribution in [2.24, 2.45) is 0 Å². The second kappa shape index (κ2) is 7.92. The third-order valence-electron chi connectivity index (χ3n) is 3.84. The number of benzene rings is 1. The van der Waals surface area contributed by atoms with Crippen LogP contribution in [0.15, 0.2) is 35.5 Å². The molecule has 0 bridgehead atoms. The van der Waals surface area contributed by atoms with Crippen molar-refractivity contribution >= 4 is 12.0 Å². The first kappa shape index (κ1) is 17.9. The number of hydrogen-bond donors (Lipinski definition) is 1. The number of amides is 2. The number of methoxy groups -OCH3 is 1. The van der Waals surface area contributed by atoms with Crippen LogP contribution in [0.25, 0.3) is 0 Å². The maximum absolute atomic E-state index is 13.6. The normalized spacial score (nSPS) is 17.8. The van der Waals surface area contributed by atoms with Crippen molar-refractivity contribution in [3.8, 4) is 0 Å². The van der Waals surface area contributed by atoms with E-state index in [9.17, 15) is 14.0 Å². The fourth-order valence-electron chi connectivity index (χ4n) is 2.66. The maximum Gasteiger partial charge on any atom is 0.338 e. The molecule has 2 rings (SSSR count). The molecule has 6 nitrogen and oxygen atoms in total. The van der Waals surface area contributed by atoms with Gasteiger partial charge in [0.1, 0.15) is 12.4 Å². The van der Waals surface area contributed by atoms with Crippen LogP contribution in [0, 0.1) is 5.82 Å². The highest BCUT2D eigenvalue weighted by Crippen LogP contribution is 2.31. The van der Waals surface area contributed by atoms with E-state index in [1.54, 1.807) is 19.9 Å². The molecule has 0 aliphatic carbocycles. The molecule has 0 spiro atoms. The van der Waals surface area contributed by atoms with Gasteiger partial charge in [-0.25, -0.2) is 14.0 Å². The third kappa shape index (κ3) is 3.73. The molecule has 0 saturated heterocycles. The first-order valence-electron chi connectivity index (χ1n) is 7.69. The summed E-state index contributed by atoms with van der Waals surface area (Å²) in [4.78, 5) is 26.2. The molecule has 2 amide bonds. The van der Waals surface area contributed by atoms with E-state index in [-0.39, 0.29) is 24.8 Å². The van der Waals surface area contributed by atoms with Crippen LogP contribution < -0.4 is 5.32 Å². The molecule has 1 aromatic rings. The van der Waals surface area contributed by atoms with E-state index < -0.39 is 17.8 Å². The average molecular weight is 336 g/mol. The molecule has 0 aromatic heterocycles. The number of esters is 1. The lowest BCUT2D eigenvalue weighted by molar-refractivity contribution is -0.140. The number of carbonyl (C=O) groups is 2. The Morgan fingerprint density at radius 2 is 2.12 bits per heavy atom. The highest BCUT2D eigenvalue weighted by molar-refractivity contribution is 5.95. The Kier molecular flexibility index (Phi) is 5.92. The Bertz CT molecular complexity index is 660. The summed E-state index contributed by atoms with van der Waals surface area (Å²) in [6.07, 6.45) is 0. The molecule has 24 heavy (non-hydrogen) atoms. The average Bonchev–Trinajstić information content (AvgIpc) is 2.54. The summed E-state index contributed by atoms with van der Waals surface area (Å²) in [7, 11) is 1.51. The minimum atomic E-state index is -0.758. The zero-order chi connectivity index (χ0) is 17.7. The van der Waals surface area contributed by atoms with Crippen LogP contribution >= 0.6 is 0 Å². The minimum Gasteiger partial charge on any atom is -0.460 e. The fourth-order valence-corrected chi connectivity index (χ4v) is 2.66. The number of allylic oxidation sites excluding steroid dienone is 1. The number of carbonyl (C=O) groups excluding carboxylic acids is 2. The highest BCUT2D eigenvalue weighted by Gasteiger charge is 2.35. The number of halogens is 1. The molecule has 0 saturated carbocycles. The van der Waals surface area contributed by atoms with Gasteiger partial charge in [-0.15, -0.1) is 0 Å². The fraction of sp³-hybridized carbons (Fsp3) is 0.412. The van der Waals surface area contributed by atoms with Gasteiger partial charge in [0.05, 0.1) is 18.2 Å². The number of ether oxygens (including phenoxy) is 2. The van der Waals surface area contributed by atoms with Crippen LogP contribution in [0.5, 0.6) is 0 Å². The second-order valence-corrected chi connectivity index (χ2v) is 5.31. The van der Waals surface area contributed by atoms with E-state index in [4.69, 9.17) is 9.47 Å². The van der Waals surface area contributed by atoms with Crippen LogP contribution in [-0.2, 0) is 14.3 Å². The lowest BCUT2D eigenvalue weighted by atomic mass is 9.95. The molecule has 1 heterocycles. The molecule has 1 atom stereocenters. The van der Waals surface area contributed by atoms with Crippen LogP contribution in [0.4, 0.5) is 9.18 Å². The summed E-state index contributed by atoms with van der Waals surface area (Å²) in [6, 6.07) is 4.70. The quantitative estimate of drug-likeness (QED) is 0.640. The van der Waals surface area contributed by atoms with Gasteiger partial charge in [-0.05, 0) is 31.5 Å². The van der Waals surface area contributed by atoms with Crippen LogP contribution in [0.2, 0.25) is 0 Å².